The number of carbonyl (C=O) groups excluding carboxylic acids is 1. The van der Waals surface area contributed by atoms with Crippen molar-refractivity contribution >= 4 is 28.7 Å². The van der Waals surface area contributed by atoms with Gasteiger partial charge in [-0.3, -0.25) is 4.79 Å². The minimum atomic E-state index is 0.0639. The van der Waals surface area contributed by atoms with E-state index in [1.165, 1.54) is 0 Å². The van der Waals surface area contributed by atoms with Crippen molar-refractivity contribution in [1.82, 2.24) is 20.0 Å². The van der Waals surface area contributed by atoms with E-state index in [2.05, 4.69) is 26.1 Å². The number of hydrogen-bond acceptors (Lipinski definition) is 5. The molecule has 2 heterocycles. The summed E-state index contributed by atoms with van der Waals surface area (Å²) in [4.78, 5) is 16.6. The van der Waals surface area contributed by atoms with E-state index in [4.69, 9.17) is 4.52 Å². The van der Waals surface area contributed by atoms with Gasteiger partial charge in [-0.25, -0.2) is 4.98 Å². The topological polar surface area (TPSA) is 73.0 Å². The largest absolute Gasteiger partial charge is 0.361 e. The Morgan fingerprint density at radius 1 is 1.27 bits per heavy atom. The minimum Gasteiger partial charge on any atom is -0.361 e. The van der Waals surface area contributed by atoms with Crippen LogP contribution in [0.25, 0.3) is 11.0 Å². The Labute approximate surface area is 157 Å². The minimum absolute atomic E-state index is 0.0639. The number of thioether (sulfide) groups is 1. The maximum Gasteiger partial charge on any atom is 0.230 e. The fraction of sp³-hybridized carbons (Fsp3) is 0.421. The van der Waals surface area contributed by atoms with Gasteiger partial charge >= 0.3 is 0 Å². The lowest BCUT2D eigenvalue weighted by Gasteiger charge is -2.08. The molecule has 26 heavy (non-hydrogen) atoms. The molecule has 0 saturated carbocycles. The van der Waals surface area contributed by atoms with Crippen LogP contribution in [-0.2, 0) is 17.1 Å². The zero-order valence-electron chi connectivity index (χ0n) is 15.4. The highest BCUT2D eigenvalue weighted by atomic mass is 32.2. The Bertz CT molecular complexity index is 881. The van der Waals surface area contributed by atoms with Crippen LogP contribution in [-0.4, -0.2) is 32.9 Å². The van der Waals surface area contributed by atoms with E-state index < -0.39 is 0 Å². The molecule has 3 rings (SSSR count). The zero-order valence-corrected chi connectivity index (χ0v) is 16.2. The van der Waals surface area contributed by atoms with Crippen LogP contribution in [0.3, 0.4) is 0 Å². The number of carbonyl (C=O) groups is 1. The molecule has 3 aromatic rings. The van der Waals surface area contributed by atoms with Crippen LogP contribution >= 0.6 is 11.8 Å². The summed E-state index contributed by atoms with van der Waals surface area (Å²) >= 11 is 1.58. The van der Waals surface area contributed by atoms with Crippen LogP contribution in [0.15, 0.2) is 28.8 Å². The van der Waals surface area contributed by atoms with Gasteiger partial charge in [0.2, 0.25) is 5.91 Å². The molecule has 6 nitrogen and oxygen atoms in total. The number of hydrogen-bond donors (Lipinski definition) is 1. The third-order valence-corrected chi connectivity index (χ3v) is 5.35. The molecule has 1 N–H and O–H groups in total. The number of imidazole rings is 1. The predicted octanol–water partition coefficient (Wildman–Crippen LogP) is 3.39. The van der Waals surface area contributed by atoms with Gasteiger partial charge in [-0.05, 0) is 39.3 Å². The molecule has 0 atom stereocenters. The van der Waals surface area contributed by atoms with Crippen molar-refractivity contribution in [3.05, 3.63) is 47.1 Å². The summed E-state index contributed by atoms with van der Waals surface area (Å²) in [6.07, 6.45) is 0.876. The van der Waals surface area contributed by atoms with Gasteiger partial charge in [0.15, 0.2) is 0 Å². The first-order valence-corrected chi connectivity index (χ1v) is 9.90. The number of para-hydroxylation sites is 2. The standard InChI is InChI=1S/C19H24N4O2S/c1-13-16(14(2)25-22-13)11-26-12-19(24)20-9-6-10-23-15(3)21-17-7-4-5-8-18(17)23/h4-5,7-8H,6,9-12H2,1-3H3,(H,20,24). The van der Waals surface area contributed by atoms with E-state index >= 15 is 0 Å². The SMILES string of the molecule is Cc1noc(C)c1CSCC(=O)NCCCn1c(C)nc2ccccc21. The molecule has 0 aliphatic rings. The first-order valence-electron chi connectivity index (χ1n) is 8.74. The molecule has 0 aliphatic carbocycles. The van der Waals surface area contributed by atoms with Crippen molar-refractivity contribution in [2.45, 2.75) is 39.5 Å². The Balaban J connectivity index is 1.39. The van der Waals surface area contributed by atoms with E-state index in [1.807, 2.05) is 39.0 Å². The number of rotatable bonds is 8. The second-order valence-electron chi connectivity index (χ2n) is 6.30. The lowest BCUT2D eigenvalue weighted by Crippen LogP contribution is -2.27. The highest BCUT2D eigenvalue weighted by Gasteiger charge is 2.10. The van der Waals surface area contributed by atoms with Crippen LogP contribution in [0.4, 0.5) is 0 Å². The molecule has 2 aromatic heterocycles. The van der Waals surface area contributed by atoms with E-state index in [-0.39, 0.29) is 5.91 Å². The van der Waals surface area contributed by atoms with E-state index in [0.29, 0.717) is 12.3 Å². The average molecular weight is 372 g/mol. The van der Waals surface area contributed by atoms with Crippen molar-refractivity contribution in [3.8, 4) is 0 Å². The number of fused-ring (bicyclic) bond motifs is 1. The molecule has 1 aromatic carbocycles. The van der Waals surface area contributed by atoms with Crippen LogP contribution in [0.5, 0.6) is 0 Å². The molecule has 0 spiro atoms. The monoisotopic (exact) mass is 372 g/mol. The van der Waals surface area contributed by atoms with Gasteiger partial charge in [-0.1, -0.05) is 17.3 Å². The Morgan fingerprint density at radius 2 is 2.08 bits per heavy atom. The normalized spacial score (nSPS) is 11.2. The Morgan fingerprint density at radius 3 is 2.85 bits per heavy atom. The van der Waals surface area contributed by atoms with Gasteiger partial charge in [-0.2, -0.15) is 0 Å². The second-order valence-corrected chi connectivity index (χ2v) is 7.28. The quantitative estimate of drug-likeness (QED) is 0.614. The molecule has 1 amide bonds. The third kappa shape index (κ3) is 4.27. The van der Waals surface area contributed by atoms with Crippen molar-refractivity contribution in [1.29, 1.82) is 0 Å². The summed E-state index contributed by atoms with van der Waals surface area (Å²) in [5.41, 5.74) is 4.15. The predicted molar refractivity (Wildman–Crippen MR) is 104 cm³/mol. The maximum absolute atomic E-state index is 12.0. The van der Waals surface area contributed by atoms with Gasteiger partial charge < -0.3 is 14.4 Å². The molecule has 0 unspecified atom stereocenters. The smallest absolute Gasteiger partial charge is 0.230 e. The summed E-state index contributed by atoms with van der Waals surface area (Å²) in [5, 5.41) is 6.92. The molecular formula is C19H24N4O2S. The molecular weight excluding hydrogens is 348 g/mol. The fourth-order valence-corrected chi connectivity index (χ4v) is 3.95. The molecule has 0 radical (unpaired) electrons. The fourth-order valence-electron chi connectivity index (χ4n) is 2.95. The highest BCUT2D eigenvalue weighted by molar-refractivity contribution is 7.99. The summed E-state index contributed by atoms with van der Waals surface area (Å²) in [6.45, 7) is 7.35. The van der Waals surface area contributed by atoms with Crippen LogP contribution < -0.4 is 5.32 Å². The van der Waals surface area contributed by atoms with Crippen molar-refractivity contribution in [2.24, 2.45) is 0 Å². The Hall–Kier alpha value is -2.28. The number of nitrogens with one attached hydrogen (secondary N) is 1. The lowest BCUT2D eigenvalue weighted by atomic mass is 10.2. The van der Waals surface area contributed by atoms with E-state index in [9.17, 15) is 4.79 Å². The van der Waals surface area contributed by atoms with Gasteiger partial charge in [0, 0.05) is 24.4 Å². The molecule has 138 valence electrons. The second kappa shape index (κ2) is 8.40. The molecule has 0 saturated heterocycles. The van der Waals surface area contributed by atoms with Gasteiger partial charge in [0.05, 0.1) is 22.5 Å². The van der Waals surface area contributed by atoms with E-state index in [1.54, 1.807) is 11.8 Å². The highest BCUT2D eigenvalue weighted by Crippen LogP contribution is 2.19. The van der Waals surface area contributed by atoms with Crippen molar-refractivity contribution < 1.29 is 9.32 Å². The van der Waals surface area contributed by atoms with Crippen LogP contribution in [0.1, 0.15) is 29.3 Å². The Kier molecular flexibility index (Phi) is 5.98. The first kappa shape index (κ1) is 18.5. The number of aryl methyl sites for hydroxylation is 4. The third-order valence-electron chi connectivity index (χ3n) is 4.39. The van der Waals surface area contributed by atoms with Gasteiger partial charge in [0.25, 0.3) is 0 Å². The van der Waals surface area contributed by atoms with E-state index in [0.717, 1.165) is 52.6 Å². The average Bonchev–Trinajstić information content (AvgIpc) is 3.11. The van der Waals surface area contributed by atoms with Crippen molar-refractivity contribution in [3.63, 3.8) is 0 Å². The van der Waals surface area contributed by atoms with Crippen LogP contribution in [0, 0.1) is 20.8 Å². The number of amides is 1. The lowest BCUT2D eigenvalue weighted by molar-refractivity contribution is -0.118. The summed E-state index contributed by atoms with van der Waals surface area (Å²) in [7, 11) is 0. The molecule has 0 fully saturated rings. The number of benzene rings is 1. The van der Waals surface area contributed by atoms with Gasteiger partial charge in [-0.15, -0.1) is 11.8 Å². The summed E-state index contributed by atoms with van der Waals surface area (Å²) in [5.74, 6) is 3.09. The number of nitrogens with zero attached hydrogens (tertiary/aromatic N) is 3. The van der Waals surface area contributed by atoms with Crippen molar-refractivity contribution in [2.75, 3.05) is 12.3 Å². The summed E-state index contributed by atoms with van der Waals surface area (Å²) < 4.78 is 7.34. The molecule has 0 aliphatic heterocycles. The molecule has 7 heteroatoms. The summed E-state index contributed by atoms with van der Waals surface area (Å²) in [6, 6.07) is 8.13. The van der Waals surface area contributed by atoms with Crippen LogP contribution in [0.2, 0.25) is 0 Å². The molecule has 0 bridgehead atoms. The zero-order chi connectivity index (χ0) is 18.5. The first-order chi connectivity index (χ1) is 12.6. The van der Waals surface area contributed by atoms with Gasteiger partial charge in [0.1, 0.15) is 11.6 Å². The number of aromatic nitrogens is 3. The maximum atomic E-state index is 12.0.